The predicted molar refractivity (Wildman–Crippen MR) is 61.2 cm³/mol. The van der Waals surface area contributed by atoms with E-state index in [1.807, 2.05) is 0 Å². The van der Waals surface area contributed by atoms with E-state index in [1.54, 1.807) is 7.11 Å². The lowest BCUT2D eigenvalue weighted by Crippen LogP contribution is -2.32. The lowest BCUT2D eigenvalue weighted by Gasteiger charge is -2.10. The lowest BCUT2D eigenvalue weighted by atomic mass is 10.1. The summed E-state index contributed by atoms with van der Waals surface area (Å²) in [5.74, 6) is -0.344. The third-order valence-corrected chi connectivity index (χ3v) is 2.08. The van der Waals surface area contributed by atoms with Crippen LogP contribution in [0.2, 0.25) is 0 Å². The zero-order valence-corrected chi connectivity index (χ0v) is 10.2. The second kappa shape index (κ2) is 10.9. The zero-order valence-electron chi connectivity index (χ0n) is 10.2. The van der Waals surface area contributed by atoms with Crippen LogP contribution in [0.25, 0.3) is 0 Å². The number of esters is 1. The van der Waals surface area contributed by atoms with E-state index in [-0.39, 0.29) is 12.6 Å². The highest BCUT2D eigenvalue weighted by Gasteiger charge is 2.13. The first-order chi connectivity index (χ1) is 7.72. The maximum atomic E-state index is 11.3. The zero-order chi connectivity index (χ0) is 12.2. The monoisotopic (exact) mass is 233 g/mol. The highest BCUT2D eigenvalue weighted by molar-refractivity contribution is 5.75. The van der Waals surface area contributed by atoms with E-state index in [4.69, 9.17) is 19.9 Å². The van der Waals surface area contributed by atoms with Crippen molar-refractivity contribution >= 4 is 5.97 Å². The van der Waals surface area contributed by atoms with Crippen molar-refractivity contribution in [2.45, 2.75) is 32.2 Å². The molecule has 0 aliphatic heterocycles. The Hall–Kier alpha value is -0.650. The van der Waals surface area contributed by atoms with Gasteiger partial charge in [-0.25, -0.2) is 0 Å². The summed E-state index contributed by atoms with van der Waals surface area (Å²) in [5.41, 5.74) is 5.63. The topological polar surface area (TPSA) is 70.8 Å². The molecule has 2 N–H and O–H groups in total. The quantitative estimate of drug-likeness (QED) is 0.444. The maximum Gasteiger partial charge on any atom is 0.322 e. The molecule has 1 unspecified atom stereocenters. The Kier molecular flexibility index (Phi) is 10.4. The first-order valence-corrected chi connectivity index (χ1v) is 5.71. The van der Waals surface area contributed by atoms with Crippen LogP contribution in [-0.2, 0) is 19.0 Å². The van der Waals surface area contributed by atoms with E-state index < -0.39 is 6.04 Å². The van der Waals surface area contributed by atoms with Gasteiger partial charge in [0.15, 0.2) is 0 Å². The molecule has 0 aliphatic carbocycles. The van der Waals surface area contributed by atoms with Crippen molar-refractivity contribution in [2.24, 2.45) is 5.73 Å². The number of nitrogens with two attached hydrogens (primary N) is 1. The van der Waals surface area contributed by atoms with Crippen LogP contribution in [-0.4, -0.2) is 45.5 Å². The average Bonchev–Trinajstić information content (AvgIpc) is 2.30. The predicted octanol–water partition coefficient (Wildman–Crippen LogP) is 0.710. The van der Waals surface area contributed by atoms with Crippen molar-refractivity contribution in [1.82, 2.24) is 0 Å². The summed E-state index contributed by atoms with van der Waals surface area (Å²) in [5, 5.41) is 0. The van der Waals surface area contributed by atoms with Crippen LogP contribution >= 0.6 is 0 Å². The summed E-state index contributed by atoms with van der Waals surface area (Å²) in [6.45, 7) is 3.75. The number of carbonyl (C=O) groups is 1. The molecule has 0 fully saturated rings. The molecule has 0 saturated heterocycles. The van der Waals surface area contributed by atoms with Gasteiger partial charge in [-0.05, 0) is 6.42 Å². The van der Waals surface area contributed by atoms with Crippen molar-refractivity contribution in [2.75, 3.05) is 33.5 Å². The first kappa shape index (κ1) is 15.3. The second-order valence-corrected chi connectivity index (χ2v) is 3.52. The molecule has 0 aliphatic rings. The summed E-state index contributed by atoms with van der Waals surface area (Å²) in [7, 11) is 1.61. The standard InChI is InChI=1S/C11H23NO4/c1-3-4-5-10(12)11(13)16-9-8-15-7-6-14-2/h10H,3-9,12H2,1-2H3. The molecule has 0 spiro atoms. The third kappa shape index (κ3) is 8.64. The fourth-order valence-corrected chi connectivity index (χ4v) is 1.09. The number of methoxy groups -OCH3 is 1. The number of hydrogen-bond donors (Lipinski definition) is 1. The van der Waals surface area contributed by atoms with E-state index in [9.17, 15) is 4.79 Å². The molecule has 5 nitrogen and oxygen atoms in total. The molecular weight excluding hydrogens is 210 g/mol. The Morgan fingerprint density at radius 1 is 1.25 bits per heavy atom. The summed E-state index contributed by atoms with van der Waals surface area (Å²) < 4.78 is 14.9. The normalized spacial score (nSPS) is 12.4. The minimum absolute atomic E-state index is 0.252. The smallest absolute Gasteiger partial charge is 0.322 e. The van der Waals surface area contributed by atoms with E-state index in [1.165, 1.54) is 0 Å². The summed E-state index contributed by atoms with van der Waals surface area (Å²) >= 11 is 0. The van der Waals surface area contributed by atoms with Crippen LogP contribution in [0.3, 0.4) is 0 Å². The Morgan fingerprint density at radius 2 is 1.94 bits per heavy atom. The van der Waals surface area contributed by atoms with Gasteiger partial charge in [0.2, 0.25) is 0 Å². The molecule has 96 valence electrons. The van der Waals surface area contributed by atoms with Crippen molar-refractivity contribution in [1.29, 1.82) is 0 Å². The largest absolute Gasteiger partial charge is 0.462 e. The van der Waals surface area contributed by atoms with Crippen LogP contribution in [0.5, 0.6) is 0 Å². The SMILES string of the molecule is CCCCC(N)C(=O)OCCOCCOC. The van der Waals surface area contributed by atoms with Crippen LogP contribution in [0.4, 0.5) is 0 Å². The van der Waals surface area contributed by atoms with E-state index in [2.05, 4.69) is 6.92 Å². The second-order valence-electron chi connectivity index (χ2n) is 3.52. The van der Waals surface area contributed by atoms with Crippen LogP contribution in [0.1, 0.15) is 26.2 Å². The van der Waals surface area contributed by atoms with Crippen molar-refractivity contribution in [3.63, 3.8) is 0 Å². The van der Waals surface area contributed by atoms with Gasteiger partial charge in [-0.3, -0.25) is 4.79 Å². The fourth-order valence-electron chi connectivity index (χ4n) is 1.09. The van der Waals surface area contributed by atoms with Crippen molar-refractivity contribution in [3.8, 4) is 0 Å². The van der Waals surface area contributed by atoms with Crippen LogP contribution < -0.4 is 5.73 Å². The molecule has 0 radical (unpaired) electrons. The van der Waals surface area contributed by atoms with Gasteiger partial charge in [-0.1, -0.05) is 19.8 Å². The Labute approximate surface area is 97.2 Å². The number of ether oxygens (including phenoxy) is 3. The minimum Gasteiger partial charge on any atom is -0.462 e. The molecule has 0 amide bonds. The highest BCUT2D eigenvalue weighted by atomic mass is 16.6. The molecule has 5 heteroatoms. The van der Waals surface area contributed by atoms with Gasteiger partial charge < -0.3 is 19.9 Å². The van der Waals surface area contributed by atoms with Gasteiger partial charge in [-0.2, -0.15) is 0 Å². The Balaban J connectivity index is 3.35. The highest BCUT2D eigenvalue weighted by Crippen LogP contribution is 1.99. The first-order valence-electron chi connectivity index (χ1n) is 5.71. The maximum absolute atomic E-state index is 11.3. The van der Waals surface area contributed by atoms with Gasteiger partial charge in [-0.15, -0.1) is 0 Å². The summed E-state index contributed by atoms with van der Waals surface area (Å²) in [4.78, 5) is 11.3. The molecule has 0 aromatic heterocycles. The third-order valence-electron chi connectivity index (χ3n) is 2.08. The average molecular weight is 233 g/mol. The van der Waals surface area contributed by atoms with Crippen LogP contribution in [0, 0.1) is 0 Å². The lowest BCUT2D eigenvalue weighted by molar-refractivity contribution is -0.147. The molecule has 0 aromatic rings. The molecule has 0 rings (SSSR count). The molecule has 0 aromatic carbocycles. The summed E-state index contributed by atoms with van der Waals surface area (Å²) in [6, 6.07) is -0.501. The van der Waals surface area contributed by atoms with Gasteiger partial charge in [0, 0.05) is 7.11 Å². The van der Waals surface area contributed by atoms with Crippen molar-refractivity contribution < 1.29 is 19.0 Å². The fraction of sp³-hybridized carbons (Fsp3) is 0.909. The van der Waals surface area contributed by atoms with Crippen molar-refractivity contribution in [3.05, 3.63) is 0 Å². The van der Waals surface area contributed by atoms with Gasteiger partial charge in [0.25, 0.3) is 0 Å². The number of rotatable bonds is 10. The minimum atomic E-state index is -0.501. The molecule has 0 saturated carbocycles. The number of unbranched alkanes of at least 4 members (excludes halogenated alkanes) is 1. The molecule has 1 atom stereocenters. The molecule has 0 bridgehead atoms. The molecule has 16 heavy (non-hydrogen) atoms. The number of hydrogen-bond acceptors (Lipinski definition) is 5. The van der Waals surface area contributed by atoms with E-state index in [0.29, 0.717) is 26.2 Å². The van der Waals surface area contributed by atoms with Gasteiger partial charge in [0.1, 0.15) is 12.6 Å². The van der Waals surface area contributed by atoms with Gasteiger partial charge >= 0.3 is 5.97 Å². The Bertz CT molecular complexity index is 175. The number of carbonyl (C=O) groups excluding carboxylic acids is 1. The van der Waals surface area contributed by atoms with E-state index >= 15 is 0 Å². The van der Waals surface area contributed by atoms with Crippen LogP contribution in [0.15, 0.2) is 0 Å². The molecular formula is C11H23NO4. The van der Waals surface area contributed by atoms with E-state index in [0.717, 1.165) is 12.8 Å². The molecule has 0 heterocycles. The Morgan fingerprint density at radius 3 is 2.56 bits per heavy atom. The summed E-state index contributed by atoms with van der Waals surface area (Å²) in [6.07, 6.45) is 2.65. The van der Waals surface area contributed by atoms with Gasteiger partial charge in [0.05, 0.1) is 19.8 Å².